The smallest absolute Gasteiger partial charge is 0.233 e. The van der Waals surface area contributed by atoms with Crippen LogP contribution in [0.25, 0.3) is 0 Å². The first-order chi connectivity index (χ1) is 15.6. The van der Waals surface area contributed by atoms with Gasteiger partial charge in [0, 0.05) is 11.4 Å². The predicted octanol–water partition coefficient (Wildman–Crippen LogP) is 0.649. The Hall–Kier alpha value is -4.74. The highest BCUT2D eigenvalue weighted by Gasteiger charge is 2.11. The molecule has 0 spiro atoms. The Labute approximate surface area is 190 Å². The number of hydrogen-bond acceptors (Lipinski definition) is 6. The molecule has 0 heterocycles. The second kappa shape index (κ2) is 11.6. The van der Waals surface area contributed by atoms with Crippen molar-refractivity contribution < 1.29 is 9.59 Å². The minimum absolute atomic E-state index is 0.161. The van der Waals surface area contributed by atoms with E-state index in [1.54, 1.807) is 62.4 Å². The van der Waals surface area contributed by atoms with Crippen molar-refractivity contribution in [3.05, 3.63) is 59.7 Å². The number of nitrogens with one attached hydrogen (secondary N) is 2. The summed E-state index contributed by atoms with van der Waals surface area (Å²) >= 11 is 0. The summed E-state index contributed by atoms with van der Waals surface area (Å²) in [6.07, 6.45) is -0.378. The third-order valence-electron chi connectivity index (χ3n) is 4.08. The van der Waals surface area contributed by atoms with Gasteiger partial charge >= 0.3 is 0 Å². The quantitative estimate of drug-likeness (QED) is 0.147. The Morgan fingerprint density at radius 2 is 1.09 bits per heavy atom. The predicted molar refractivity (Wildman–Crippen MR) is 131 cm³/mol. The highest BCUT2D eigenvalue weighted by atomic mass is 16.2. The first-order valence-corrected chi connectivity index (χ1v) is 9.71. The lowest BCUT2D eigenvalue weighted by Crippen LogP contribution is -2.22. The maximum atomic E-state index is 12.3. The molecule has 12 nitrogen and oxygen atoms in total. The Bertz CT molecular complexity index is 1050. The van der Waals surface area contributed by atoms with Crippen LogP contribution in [-0.2, 0) is 9.59 Å². The molecule has 0 unspecified atom stereocenters. The van der Waals surface area contributed by atoms with E-state index in [0.29, 0.717) is 33.9 Å². The average molecular weight is 451 g/mol. The summed E-state index contributed by atoms with van der Waals surface area (Å²) in [5.74, 6) is -1.28. The number of amides is 2. The van der Waals surface area contributed by atoms with Crippen molar-refractivity contribution in [1.82, 2.24) is 0 Å². The molecule has 0 radical (unpaired) electrons. The van der Waals surface area contributed by atoms with E-state index in [0.717, 1.165) is 0 Å². The molecule has 2 aromatic carbocycles. The lowest BCUT2D eigenvalue weighted by atomic mass is 10.1. The maximum absolute atomic E-state index is 12.3. The Balaban J connectivity index is 2.00. The lowest BCUT2D eigenvalue weighted by molar-refractivity contribution is -0.123. The molecular weight excluding hydrogens is 424 g/mol. The first kappa shape index (κ1) is 24.5. The Morgan fingerprint density at radius 1 is 0.697 bits per heavy atom. The number of rotatable bonds is 8. The summed E-state index contributed by atoms with van der Waals surface area (Å²) in [5, 5.41) is 20.4. The second-order valence-electron chi connectivity index (χ2n) is 6.86. The molecule has 0 aliphatic heterocycles. The zero-order valence-corrected chi connectivity index (χ0v) is 18.2. The molecule has 2 rings (SSSR count). The number of benzene rings is 2. The Kier molecular flexibility index (Phi) is 8.62. The number of nitrogens with two attached hydrogens (primary N) is 4. The molecule has 0 saturated heterocycles. The molecule has 0 saturated carbocycles. The third kappa shape index (κ3) is 8.49. The van der Waals surface area contributed by atoms with Gasteiger partial charge in [-0.1, -0.05) is 24.3 Å². The lowest BCUT2D eigenvalue weighted by Gasteiger charge is -2.09. The van der Waals surface area contributed by atoms with Crippen LogP contribution in [0.3, 0.4) is 0 Å². The highest BCUT2D eigenvalue weighted by molar-refractivity contribution is 6.09. The van der Waals surface area contributed by atoms with Crippen LogP contribution in [0.5, 0.6) is 0 Å². The van der Waals surface area contributed by atoms with Crippen LogP contribution >= 0.6 is 0 Å². The van der Waals surface area contributed by atoms with Crippen LogP contribution in [0.1, 0.15) is 31.4 Å². The number of carbonyl (C=O) groups excluding carboxylic acids is 2. The van der Waals surface area contributed by atoms with Crippen LogP contribution in [0.15, 0.2) is 68.9 Å². The van der Waals surface area contributed by atoms with Gasteiger partial charge in [-0.2, -0.15) is 10.2 Å². The van der Waals surface area contributed by atoms with Crippen LogP contribution in [0, 0.1) is 0 Å². The topological polar surface area (TPSA) is 212 Å². The largest absolute Gasteiger partial charge is 0.369 e. The van der Waals surface area contributed by atoms with Gasteiger partial charge in [0.05, 0.1) is 11.4 Å². The van der Waals surface area contributed by atoms with Crippen molar-refractivity contribution in [2.75, 3.05) is 10.6 Å². The van der Waals surface area contributed by atoms with E-state index in [-0.39, 0.29) is 18.3 Å². The minimum atomic E-state index is -0.481. The molecule has 0 aliphatic rings. The maximum Gasteiger partial charge on any atom is 0.233 e. The number of hydrogen-bond donors (Lipinski definition) is 6. The van der Waals surface area contributed by atoms with Gasteiger partial charge in [0.2, 0.25) is 23.7 Å². The molecule has 0 aliphatic carbocycles. The first-order valence-electron chi connectivity index (χ1n) is 9.71. The van der Waals surface area contributed by atoms with E-state index in [4.69, 9.17) is 22.9 Å². The summed E-state index contributed by atoms with van der Waals surface area (Å²) in [6, 6.07) is 13.8. The zero-order valence-electron chi connectivity index (χ0n) is 18.2. The van der Waals surface area contributed by atoms with Gasteiger partial charge in [0.1, 0.15) is 6.42 Å². The molecule has 0 fully saturated rings. The van der Waals surface area contributed by atoms with E-state index < -0.39 is 11.8 Å². The fourth-order valence-electron chi connectivity index (χ4n) is 2.58. The van der Waals surface area contributed by atoms with E-state index >= 15 is 0 Å². The van der Waals surface area contributed by atoms with Crippen LogP contribution in [0.2, 0.25) is 0 Å². The molecule has 2 aromatic rings. The minimum Gasteiger partial charge on any atom is -0.369 e. The molecule has 0 aromatic heterocycles. The van der Waals surface area contributed by atoms with Gasteiger partial charge < -0.3 is 33.6 Å². The Morgan fingerprint density at radius 3 is 1.45 bits per heavy atom. The molecule has 2 amide bonds. The average Bonchev–Trinajstić information content (AvgIpc) is 2.75. The second-order valence-corrected chi connectivity index (χ2v) is 6.86. The standard InChI is InChI=1S/C21H26N10O2/c1-12(28-30-20(22)23)14-5-3-7-16(9-14)26-18(32)11-19(33)27-17-8-4-6-15(10-17)13(2)29-31-21(24)25/h3-10H,11H2,1-2H3,(H,26,32)(H,27,33)(H4,22,23,30)(H4,24,25,31)/b28-12+,29-13+. The van der Waals surface area contributed by atoms with Crippen LogP contribution in [-0.4, -0.2) is 35.2 Å². The summed E-state index contributed by atoms with van der Waals surface area (Å²) < 4.78 is 0. The van der Waals surface area contributed by atoms with E-state index in [1.807, 2.05) is 0 Å². The summed E-state index contributed by atoms with van der Waals surface area (Å²) in [6.45, 7) is 3.44. The molecule has 0 atom stereocenters. The van der Waals surface area contributed by atoms with Gasteiger partial charge in [-0.25, -0.2) is 0 Å². The molecular formula is C21H26N10O2. The molecule has 10 N–H and O–H groups in total. The fourth-order valence-corrected chi connectivity index (χ4v) is 2.58. The number of nitrogens with zero attached hydrogens (tertiary/aromatic N) is 4. The number of guanidine groups is 2. The van der Waals surface area contributed by atoms with Crippen LogP contribution < -0.4 is 33.6 Å². The van der Waals surface area contributed by atoms with Crippen molar-refractivity contribution in [2.45, 2.75) is 20.3 Å². The number of anilines is 2. The number of carbonyl (C=O) groups is 2. The van der Waals surface area contributed by atoms with E-state index in [1.165, 1.54) is 0 Å². The molecule has 12 heteroatoms. The van der Waals surface area contributed by atoms with Crippen molar-refractivity contribution in [2.24, 2.45) is 43.3 Å². The van der Waals surface area contributed by atoms with Crippen molar-refractivity contribution in [1.29, 1.82) is 0 Å². The molecule has 0 bridgehead atoms. The van der Waals surface area contributed by atoms with E-state index in [9.17, 15) is 9.59 Å². The fraction of sp³-hybridized carbons (Fsp3) is 0.143. The third-order valence-corrected chi connectivity index (χ3v) is 4.08. The van der Waals surface area contributed by atoms with Gasteiger partial charge in [0.25, 0.3) is 0 Å². The van der Waals surface area contributed by atoms with Crippen molar-refractivity contribution in [3.8, 4) is 0 Å². The van der Waals surface area contributed by atoms with Crippen LogP contribution in [0.4, 0.5) is 11.4 Å². The SMILES string of the molecule is C/C(=N\N=C(N)N)c1cccc(NC(=O)CC(=O)Nc2cccc(/C(C)=N/N=C(N)N)c2)c1. The van der Waals surface area contributed by atoms with Gasteiger partial charge in [-0.15, -0.1) is 10.2 Å². The van der Waals surface area contributed by atoms with E-state index in [2.05, 4.69) is 31.0 Å². The normalized spacial score (nSPS) is 11.3. The van der Waals surface area contributed by atoms with Gasteiger partial charge in [-0.3, -0.25) is 9.59 Å². The van der Waals surface area contributed by atoms with Crippen molar-refractivity contribution in [3.63, 3.8) is 0 Å². The molecule has 33 heavy (non-hydrogen) atoms. The van der Waals surface area contributed by atoms with Crippen molar-refractivity contribution >= 4 is 46.5 Å². The zero-order chi connectivity index (χ0) is 24.4. The molecule has 172 valence electrons. The summed E-state index contributed by atoms with van der Waals surface area (Å²) in [4.78, 5) is 24.6. The highest BCUT2D eigenvalue weighted by Crippen LogP contribution is 2.14. The summed E-state index contributed by atoms with van der Waals surface area (Å²) in [5.41, 5.74) is 24.6. The van der Waals surface area contributed by atoms with Gasteiger partial charge in [-0.05, 0) is 49.2 Å². The van der Waals surface area contributed by atoms with Gasteiger partial charge in [0.15, 0.2) is 0 Å². The summed E-state index contributed by atoms with van der Waals surface area (Å²) in [7, 11) is 0. The monoisotopic (exact) mass is 450 g/mol.